The Kier molecular flexibility index (Phi) is 4.75. The molecule has 114 valence electrons. The van der Waals surface area contributed by atoms with E-state index in [-0.39, 0.29) is 16.0 Å². The summed E-state index contributed by atoms with van der Waals surface area (Å²) in [6.07, 6.45) is 3.27. The van der Waals surface area contributed by atoms with E-state index < -0.39 is 16.1 Å². The molecule has 0 amide bonds. The van der Waals surface area contributed by atoms with Gasteiger partial charge in [0, 0.05) is 0 Å². The molecule has 5 nitrogen and oxygen atoms in total. The molecule has 1 N–H and O–H groups in total. The van der Waals surface area contributed by atoms with Crippen LogP contribution >= 0.6 is 0 Å². The van der Waals surface area contributed by atoms with Gasteiger partial charge >= 0.3 is 5.97 Å². The molecule has 0 aromatic heterocycles. The van der Waals surface area contributed by atoms with Gasteiger partial charge < -0.3 is 4.74 Å². The van der Waals surface area contributed by atoms with E-state index in [0.717, 1.165) is 11.6 Å². The molecule has 2 rings (SSSR count). The number of benzene rings is 2. The van der Waals surface area contributed by atoms with Gasteiger partial charge in [-0.25, -0.2) is 4.79 Å². The molecule has 0 unspecified atom stereocenters. The monoisotopic (exact) mass is 318 g/mol. The largest absolute Gasteiger partial charge is 0.465 e. The van der Waals surface area contributed by atoms with Gasteiger partial charge in [-0.05, 0) is 23.3 Å². The molecule has 0 saturated carbocycles. The number of hydrogen-bond acceptors (Lipinski definition) is 4. The average Bonchev–Trinajstić information content (AvgIpc) is 2.52. The van der Waals surface area contributed by atoms with Crippen molar-refractivity contribution in [1.29, 1.82) is 0 Å². The summed E-state index contributed by atoms with van der Waals surface area (Å²) in [5.41, 5.74) is 1.20. The molecule has 0 aliphatic carbocycles. The van der Waals surface area contributed by atoms with Crippen LogP contribution in [0.5, 0.6) is 0 Å². The van der Waals surface area contributed by atoms with Crippen molar-refractivity contribution in [3.63, 3.8) is 0 Å². The van der Waals surface area contributed by atoms with Gasteiger partial charge in [0.2, 0.25) is 0 Å². The topological polar surface area (TPSA) is 80.7 Å². The van der Waals surface area contributed by atoms with E-state index in [0.29, 0.717) is 0 Å². The van der Waals surface area contributed by atoms with Crippen molar-refractivity contribution in [2.24, 2.45) is 0 Å². The summed E-state index contributed by atoms with van der Waals surface area (Å²) in [6, 6.07) is 13.2. The lowest BCUT2D eigenvalue weighted by molar-refractivity contribution is 0.0600. The zero-order valence-electron chi connectivity index (χ0n) is 11.8. The van der Waals surface area contributed by atoms with E-state index >= 15 is 0 Å². The highest BCUT2D eigenvalue weighted by Gasteiger charge is 2.17. The summed E-state index contributed by atoms with van der Waals surface area (Å²) in [6.45, 7) is 0. The SMILES string of the molecule is COC(=O)c1ccc(C=Cc2ccccc2)c(S(=O)(=O)O)c1. The Morgan fingerprint density at radius 1 is 1.09 bits per heavy atom. The van der Waals surface area contributed by atoms with Gasteiger partial charge in [0.1, 0.15) is 4.90 Å². The molecule has 6 heteroatoms. The van der Waals surface area contributed by atoms with Gasteiger partial charge in [-0.2, -0.15) is 8.42 Å². The molecule has 0 atom stereocenters. The Morgan fingerprint density at radius 2 is 1.77 bits per heavy atom. The molecule has 0 radical (unpaired) electrons. The molecule has 0 aliphatic rings. The van der Waals surface area contributed by atoms with Crippen LogP contribution in [0.4, 0.5) is 0 Å². The minimum absolute atomic E-state index is 0.0481. The van der Waals surface area contributed by atoms with Crippen molar-refractivity contribution in [2.75, 3.05) is 7.11 Å². The van der Waals surface area contributed by atoms with Crippen molar-refractivity contribution in [1.82, 2.24) is 0 Å². The van der Waals surface area contributed by atoms with E-state index in [1.165, 1.54) is 19.2 Å². The van der Waals surface area contributed by atoms with Crippen LogP contribution in [-0.2, 0) is 14.9 Å². The lowest BCUT2D eigenvalue weighted by Gasteiger charge is -2.06. The van der Waals surface area contributed by atoms with Crippen molar-refractivity contribution in [3.8, 4) is 0 Å². The lowest BCUT2D eigenvalue weighted by Crippen LogP contribution is -2.06. The van der Waals surface area contributed by atoms with Crippen molar-refractivity contribution in [2.45, 2.75) is 4.90 Å². The lowest BCUT2D eigenvalue weighted by atomic mass is 10.1. The van der Waals surface area contributed by atoms with E-state index in [2.05, 4.69) is 4.74 Å². The van der Waals surface area contributed by atoms with Gasteiger partial charge in [-0.3, -0.25) is 4.55 Å². The summed E-state index contributed by atoms with van der Waals surface area (Å²) in [5.74, 6) is -0.677. The number of ether oxygens (including phenoxy) is 1. The van der Waals surface area contributed by atoms with E-state index in [4.69, 9.17) is 0 Å². The van der Waals surface area contributed by atoms with E-state index in [1.807, 2.05) is 30.3 Å². The number of rotatable bonds is 4. The maximum absolute atomic E-state index is 11.5. The van der Waals surface area contributed by atoms with Crippen LogP contribution in [0.2, 0.25) is 0 Å². The fourth-order valence-corrected chi connectivity index (χ4v) is 2.60. The minimum Gasteiger partial charge on any atom is -0.465 e. The summed E-state index contributed by atoms with van der Waals surface area (Å²) in [4.78, 5) is 11.1. The van der Waals surface area contributed by atoms with Crippen molar-refractivity contribution < 1.29 is 22.5 Å². The zero-order valence-corrected chi connectivity index (χ0v) is 12.6. The van der Waals surface area contributed by atoms with Crippen LogP contribution in [0.15, 0.2) is 53.4 Å². The highest BCUT2D eigenvalue weighted by atomic mass is 32.2. The Morgan fingerprint density at radius 3 is 2.36 bits per heavy atom. The van der Waals surface area contributed by atoms with Crippen LogP contribution in [0.25, 0.3) is 12.2 Å². The number of carbonyl (C=O) groups excluding carboxylic acids is 1. The molecule has 0 fully saturated rings. The van der Waals surface area contributed by atoms with Crippen molar-refractivity contribution >= 4 is 28.2 Å². The maximum Gasteiger partial charge on any atom is 0.337 e. The third kappa shape index (κ3) is 3.81. The molecular formula is C16H14O5S. The first-order valence-corrected chi connectivity index (χ1v) is 7.79. The second-order valence-electron chi connectivity index (χ2n) is 4.46. The standard InChI is InChI=1S/C16H14O5S/c1-21-16(17)14-10-9-13(15(11-14)22(18,19)20)8-7-12-5-3-2-4-6-12/h2-11H,1H3,(H,18,19,20). The second kappa shape index (κ2) is 6.55. The highest BCUT2D eigenvalue weighted by molar-refractivity contribution is 7.86. The fourth-order valence-electron chi connectivity index (χ4n) is 1.89. The van der Waals surface area contributed by atoms with Crippen LogP contribution in [-0.4, -0.2) is 26.0 Å². The molecule has 0 aliphatic heterocycles. The van der Waals surface area contributed by atoms with Crippen LogP contribution < -0.4 is 0 Å². The quantitative estimate of drug-likeness (QED) is 0.532. The highest BCUT2D eigenvalue weighted by Crippen LogP contribution is 2.21. The van der Waals surface area contributed by atoms with Crippen LogP contribution in [0.3, 0.4) is 0 Å². The van der Waals surface area contributed by atoms with Crippen LogP contribution in [0.1, 0.15) is 21.5 Å². The molecule has 0 bridgehead atoms. The normalized spacial score (nSPS) is 11.5. The van der Waals surface area contributed by atoms with Crippen LogP contribution in [0, 0.1) is 0 Å². The first-order valence-electron chi connectivity index (χ1n) is 6.35. The third-order valence-corrected chi connectivity index (χ3v) is 3.88. The number of methoxy groups -OCH3 is 1. The Bertz CT molecular complexity index is 808. The molecule has 2 aromatic carbocycles. The molecule has 0 saturated heterocycles. The van der Waals surface area contributed by atoms with Gasteiger partial charge in [0.15, 0.2) is 0 Å². The Balaban J connectivity index is 2.47. The van der Waals surface area contributed by atoms with Crippen molar-refractivity contribution in [3.05, 3.63) is 65.2 Å². The van der Waals surface area contributed by atoms with E-state index in [1.54, 1.807) is 12.2 Å². The first kappa shape index (κ1) is 15.9. The van der Waals surface area contributed by atoms with Gasteiger partial charge in [0.25, 0.3) is 10.1 Å². The minimum atomic E-state index is -4.46. The fraction of sp³-hybridized carbons (Fsp3) is 0.0625. The van der Waals surface area contributed by atoms with E-state index in [9.17, 15) is 17.8 Å². The third-order valence-electron chi connectivity index (χ3n) is 2.97. The summed E-state index contributed by atoms with van der Waals surface area (Å²) in [7, 11) is -3.27. The number of esters is 1. The smallest absolute Gasteiger partial charge is 0.337 e. The number of hydrogen-bond donors (Lipinski definition) is 1. The van der Waals surface area contributed by atoms with Gasteiger partial charge in [-0.15, -0.1) is 0 Å². The molecular weight excluding hydrogens is 304 g/mol. The Labute approximate surface area is 128 Å². The summed E-state index contributed by atoms with van der Waals surface area (Å²) in [5, 5.41) is 0. The zero-order chi connectivity index (χ0) is 16.2. The second-order valence-corrected chi connectivity index (χ2v) is 5.85. The molecule has 22 heavy (non-hydrogen) atoms. The summed E-state index contributed by atoms with van der Waals surface area (Å²) >= 11 is 0. The predicted molar refractivity (Wildman–Crippen MR) is 83.0 cm³/mol. The molecule has 2 aromatic rings. The van der Waals surface area contributed by atoms with Gasteiger partial charge in [-0.1, -0.05) is 48.6 Å². The average molecular weight is 318 g/mol. The predicted octanol–water partition coefficient (Wildman–Crippen LogP) is 2.89. The number of carbonyl (C=O) groups is 1. The molecule has 0 spiro atoms. The van der Waals surface area contributed by atoms with Gasteiger partial charge in [0.05, 0.1) is 12.7 Å². The maximum atomic E-state index is 11.5. The summed E-state index contributed by atoms with van der Waals surface area (Å²) < 4.78 is 36.9. The first-order chi connectivity index (χ1) is 10.4. The Hall–Kier alpha value is -2.44. The molecule has 0 heterocycles.